The maximum atomic E-state index is 12.5. The molecule has 3 rings (SSSR count). The van der Waals surface area contributed by atoms with Gasteiger partial charge in [-0.3, -0.25) is 24.3 Å². The standard InChI is InChI=1S/C17H11N5O4/c18-8-11-3-1-2-4-14(11)20-16(23)9-21-10-19-15-6-5-12(22(25)26)7-13(15)17(21)24/h1-7,10H,9H2,(H,20,23). The molecule has 0 saturated heterocycles. The van der Waals surface area contributed by atoms with E-state index in [4.69, 9.17) is 5.26 Å². The molecule has 9 heteroatoms. The van der Waals surface area contributed by atoms with Gasteiger partial charge in [-0.25, -0.2) is 4.98 Å². The number of nitrogens with zero attached hydrogens (tertiary/aromatic N) is 4. The number of carbonyl (C=O) groups is 1. The van der Waals surface area contributed by atoms with E-state index in [1.54, 1.807) is 24.3 Å². The van der Waals surface area contributed by atoms with E-state index < -0.39 is 16.4 Å². The Hall–Kier alpha value is -4.06. The zero-order chi connectivity index (χ0) is 18.7. The van der Waals surface area contributed by atoms with Crippen LogP contribution in [-0.4, -0.2) is 20.4 Å². The predicted molar refractivity (Wildman–Crippen MR) is 92.4 cm³/mol. The summed E-state index contributed by atoms with van der Waals surface area (Å²) in [7, 11) is 0. The van der Waals surface area contributed by atoms with Crippen LogP contribution >= 0.6 is 0 Å². The van der Waals surface area contributed by atoms with Gasteiger partial charge < -0.3 is 5.32 Å². The third kappa shape index (κ3) is 3.25. The minimum absolute atomic E-state index is 0.0481. The molecule has 26 heavy (non-hydrogen) atoms. The molecule has 1 heterocycles. The van der Waals surface area contributed by atoms with Gasteiger partial charge in [0.1, 0.15) is 12.6 Å². The van der Waals surface area contributed by atoms with Crippen molar-refractivity contribution in [3.05, 3.63) is 74.8 Å². The highest BCUT2D eigenvalue weighted by Gasteiger charge is 2.13. The Morgan fingerprint density at radius 2 is 2.08 bits per heavy atom. The minimum Gasteiger partial charge on any atom is -0.323 e. The molecular formula is C17H11N5O4. The van der Waals surface area contributed by atoms with Crippen LogP contribution in [-0.2, 0) is 11.3 Å². The van der Waals surface area contributed by atoms with Gasteiger partial charge >= 0.3 is 0 Å². The van der Waals surface area contributed by atoms with Crippen LogP contribution in [0.2, 0.25) is 0 Å². The van der Waals surface area contributed by atoms with Crippen molar-refractivity contribution in [1.29, 1.82) is 5.26 Å². The van der Waals surface area contributed by atoms with Crippen molar-refractivity contribution in [2.24, 2.45) is 0 Å². The number of non-ortho nitro benzene ring substituents is 1. The number of para-hydroxylation sites is 1. The summed E-state index contributed by atoms with van der Waals surface area (Å²) >= 11 is 0. The summed E-state index contributed by atoms with van der Waals surface area (Å²) < 4.78 is 1.05. The largest absolute Gasteiger partial charge is 0.323 e. The van der Waals surface area contributed by atoms with Gasteiger partial charge in [0.2, 0.25) is 5.91 Å². The molecule has 1 N–H and O–H groups in total. The summed E-state index contributed by atoms with van der Waals surface area (Å²) in [6, 6.07) is 12.2. The number of amides is 1. The first-order valence-corrected chi connectivity index (χ1v) is 7.42. The number of rotatable bonds is 4. The number of nitrogens with one attached hydrogen (secondary N) is 1. The average molecular weight is 349 g/mol. The van der Waals surface area contributed by atoms with Gasteiger partial charge in [0.15, 0.2) is 0 Å². The maximum Gasteiger partial charge on any atom is 0.270 e. The number of nitro groups is 1. The highest BCUT2D eigenvalue weighted by Crippen LogP contribution is 2.16. The molecule has 0 aliphatic rings. The Morgan fingerprint density at radius 1 is 1.31 bits per heavy atom. The molecule has 0 bridgehead atoms. The lowest BCUT2D eigenvalue weighted by Gasteiger charge is -2.09. The third-order valence-corrected chi connectivity index (χ3v) is 3.65. The van der Waals surface area contributed by atoms with E-state index in [1.807, 2.05) is 6.07 Å². The maximum absolute atomic E-state index is 12.5. The number of aromatic nitrogens is 2. The number of benzene rings is 2. The molecule has 2 aromatic carbocycles. The van der Waals surface area contributed by atoms with Crippen molar-refractivity contribution < 1.29 is 9.72 Å². The monoisotopic (exact) mass is 349 g/mol. The first-order chi connectivity index (χ1) is 12.5. The van der Waals surface area contributed by atoms with Gasteiger partial charge in [0.05, 0.1) is 33.4 Å². The Morgan fingerprint density at radius 3 is 2.81 bits per heavy atom. The number of fused-ring (bicyclic) bond motifs is 1. The van der Waals surface area contributed by atoms with E-state index in [0.29, 0.717) is 16.8 Å². The Balaban J connectivity index is 1.90. The summed E-state index contributed by atoms with van der Waals surface area (Å²) in [5.74, 6) is -0.526. The fraction of sp³-hybridized carbons (Fsp3) is 0.0588. The van der Waals surface area contributed by atoms with Crippen molar-refractivity contribution in [3.8, 4) is 6.07 Å². The number of anilines is 1. The number of hydrogen-bond acceptors (Lipinski definition) is 6. The van der Waals surface area contributed by atoms with Gasteiger partial charge in [0, 0.05) is 12.1 Å². The van der Waals surface area contributed by atoms with Crippen LogP contribution in [0.4, 0.5) is 11.4 Å². The second-order valence-corrected chi connectivity index (χ2v) is 5.34. The number of hydrogen-bond donors (Lipinski definition) is 1. The lowest BCUT2D eigenvalue weighted by molar-refractivity contribution is -0.384. The molecule has 0 unspecified atom stereocenters. The Bertz CT molecular complexity index is 1130. The Kier molecular flexibility index (Phi) is 4.40. The molecule has 1 aromatic heterocycles. The molecule has 0 aliphatic heterocycles. The predicted octanol–water partition coefficient (Wildman–Crippen LogP) is 1.82. The van der Waals surface area contributed by atoms with Crippen molar-refractivity contribution in [3.63, 3.8) is 0 Å². The molecule has 9 nitrogen and oxygen atoms in total. The quantitative estimate of drug-likeness (QED) is 0.564. The lowest BCUT2D eigenvalue weighted by atomic mass is 10.2. The van der Waals surface area contributed by atoms with Crippen LogP contribution in [0, 0.1) is 21.4 Å². The van der Waals surface area contributed by atoms with Crippen LogP contribution in [0.25, 0.3) is 10.9 Å². The zero-order valence-electron chi connectivity index (χ0n) is 13.2. The van der Waals surface area contributed by atoms with Crippen molar-refractivity contribution in [2.75, 3.05) is 5.32 Å². The van der Waals surface area contributed by atoms with E-state index in [1.165, 1.54) is 18.5 Å². The normalized spacial score (nSPS) is 10.3. The van der Waals surface area contributed by atoms with E-state index in [9.17, 15) is 19.7 Å². The second-order valence-electron chi connectivity index (χ2n) is 5.34. The van der Waals surface area contributed by atoms with Crippen LogP contribution < -0.4 is 10.9 Å². The molecule has 0 radical (unpaired) electrons. The summed E-state index contributed by atoms with van der Waals surface area (Å²) in [6.07, 6.45) is 1.20. The molecule has 3 aromatic rings. The van der Waals surface area contributed by atoms with Gasteiger partial charge in [-0.2, -0.15) is 5.26 Å². The lowest BCUT2D eigenvalue weighted by Crippen LogP contribution is -2.28. The number of carbonyl (C=O) groups excluding carboxylic acids is 1. The number of nitriles is 1. The topological polar surface area (TPSA) is 131 Å². The van der Waals surface area contributed by atoms with E-state index >= 15 is 0 Å². The SMILES string of the molecule is N#Cc1ccccc1NC(=O)Cn1cnc2ccc([N+](=O)[O-])cc2c1=O. The first-order valence-electron chi connectivity index (χ1n) is 7.42. The molecule has 1 amide bonds. The number of nitro benzene ring substituents is 1. The van der Waals surface area contributed by atoms with Crippen LogP contribution in [0.5, 0.6) is 0 Å². The first kappa shape index (κ1) is 16.8. The zero-order valence-corrected chi connectivity index (χ0v) is 13.2. The minimum atomic E-state index is -0.609. The van der Waals surface area contributed by atoms with E-state index in [-0.39, 0.29) is 17.6 Å². The average Bonchev–Trinajstić information content (AvgIpc) is 2.64. The summed E-state index contributed by atoms with van der Waals surface area (Å²) in [4.78, 5) is 39.0. The fourth-order valence-electron chi connectivity index (χ4n) is 2.41. The van der Waals surface area contributed by atoms with Gasteiger partial charge in [-0.05, 0) is 18.2 Å². The van der Waals surface area contributed by atoms with Crippen LogP contribution in [0.15, 0.2) is 53.6 Å². The van der Waals surface area contributed by atoms with Gasteiger partial charge in [-0.1, -0.05) is 12.1 Å². The highest BCUT2D eigenvalue weighted by molar-refractivity contribution is 5.92. The smallest absolute Gasteiger partial charge is 0.270 e. The molecule has 0 spiro atoms. The summed E-state index contributed by atoms with van der Waals surface area (Å²) in [5.41, 5.74) is 0.119. The summed E-state index contributed by atoms with van der Waals surface area (Å²) in [5, 5.41) is 22.5. The van der Waals surface area contributed by atoms with Crippen molar-refractivity contribution in [2.45, 2.75) is 6.54 Å². The van der Waals surface area contributed by atoms with Gasteiger partial charge in [-0.15, -0.1) is 0 Å². The van der Waals surface area contributed by atoms with Crippen LogP contribution in [0.3, 0.4) is 0 Å². The molecule has 128 valence electrons. The van der Waals surface area contributed by atoms with Crippen molar-refractivity contribution in [1.82, 2.24) is 9.55 Å². The summed E-state index contributed by atoms with van der Waals surface area (Å²) in [6.45, 7) is -0.343. The third-order valence-electron chi connectivity index (χ3n) is 3.65. The van der Waals surface area contributed by atoms with E-state index in [2.05, 4.69) is 10.3 Å². The van der Waals surface area contributed by atoms with E-state index in [0.717, 1.165) is 10.6 Å². The Labute approximate surface area is 146 Å². The van der Waals surface area contributed by atoms with Crippen molar-refractivity contribution >= 4 is 28.2 Å². The molecule has 0 fully saturated rings. The highest BCUT2D eigenvalue weighted by atomic mass is 16.6. The second kappa shape index (κ2) is 6.82. The molecule has 0 aliphatic carbocycles. The molecule has 0 atom stereocenters. The fourth-order valence-corrected chi connectivity index (χ4v) is 2.41. The molecular weight excluding hydrogens is 338 g/mol. The molecule has 0 saturated carbocycles. The van der Waals surface area contributed by atoms with Gasteiger partial charge in [0.25, 0.3) is 11.2 Å². The van der Waals surface area contributed by atoms with Crippen LogP contribution in [0.1, 0.15) is 5.56 Å².